The van der Waals surface area contributed by atoms with E-state index in [1.807, 2.05) is 36.4 Å². The van der Waals surface area contributed by atoms with Crippen LogP contribution in [0.1, 0.15) is 0 Å². The van der Waals surface area contributed by atoms with Crippen LogP contribution in [0.3, 0.4) is 0 Å². The summed E-state index contributed by atoms with van der Waals surface area (Å²) in [5, 5.41) is 17.0. The quantitative estimate of drug-likeness (QED) is 0.192. The van der Waals surface area contributed by atoms with Gasteiger partial charge in [-0.2, -0.15) is 0 Å². The Morgan fingerprint density at radius 2 is 0.867 bits per heavy atom. The van der Waals surface area contributed by atoms with Gasteiger partial charge < -0.3 is 0 Å². The molecule has 0 saturated carbocycles. The van der Waals surface area contributed by atoms with Crippen molar-refractivity contribution in [3.63, 3.8) is 0 Å². The molecule has 1 heterocycles. The van der Waals surface area contributed by atoms with E-state index in [9.17, 15) is 0 Å². The third-order valence-electron chi connectivity index (χ3n) is 8.87. The first-order valence-electron chi connectivity index (χ1n) is 15.3. The lowest BCUT2D eigenvalue weighted by molar-refractivity contribution is 1.07. The van der Waals surface area contributed by atoms with Crippen molar-refractivity contribution in [2.75, 3.05) is 0 Å². The minimum atomic E-state index is 0.819. The second-order valence-corrected chi connectivity index (χ2v) is 11.5. The summed E-state index contributed by atoms with van der Waals surface area (Å²) >= 11 is 0. The lowest BCUT2D eigenvalue weighted by atomic mass is 9.88. The molecule has 45 heavy (non-hydrogen) atoms. The molecule has 0 saturated heterocycles. The first-order valence-corrected chi connectivity index (χ1v) is 15.3. The van der Waals surface area contributed by atoms with Crippen molar-refractivity contribution in [2.45, 2.75) is 0 Å². The molecule has 3 nitrogen and oxygen atoms in total. The molecule has 0 radical (unpaired) electrons. The number of hydrogen-bond donors (Lipinski definition) is 0. The second kappa shape index (κ2) is 10.3. The lowest BCUT2D eigenvalue weighted by Gasteiger charge is -2.16. The molecule has 0 fully saturated rings. The van der Waals surface area contributed by atoms with Crippen LogP contribution in [-0.2, 0) is 0 Å². The Morgan fingerprint density at radius 3 is 1.47 bits per heavy atom. The fourth-order valence-electron chi connectivity index (χ4n) is 6.74. The number of rotatable bonds is 5. The fourth-order valence-corrected chi connectivity index (χ4v) is 6.74. The van der Waals surface area contributed by atoms with Gasteiger partial charge in [-0.25, -0.2) is 0 Å². The van der Waals surface area contributed by atoms with Crippen LogP contribution in [0.25, 0.3) is 83.0 Å². The van der Waals surface area contributed by atoms with Gasteiger partial charge in [-0.3, -0.25) is 4.57 Å². The van der Waals surface area contributed by atoms with E-state index in [1.54, 1.807) is 0 Å². The van der Waals surface area contributed by atoms with Gasteiger partial charge in [0.15, 0.2) is 11.6 Å². The standard InChI is InChI=1S/C42H27N3/c1-4-10-29(11-5-1)37-24-20-30-16-17-33-26-35(27-34-21-25-38(37)40(30)39(33)34)28-18-22-36(23-19-28)45-41(31-12-6-2-7-13-31)43-44-42(45)32-14-8-3-9-15-32/h1-27H. The minimum absolute atomic E-state index is 0.819. The molecular weight excluding hydrogens is 546 g/mol. The van der Waals surface area contributed by atoms with Crippen LogP contribution in [0.2, 0.25) is 0 Å². The van der Waals surface area contributed by atoms with Gasteiger partial charge in [0, 0.05) is 16.8 Å². The summed E-state index contributed by atoms with van der Waals surface area (Å²) in [6, 6.07) is 58.2. The molecule has 8 aromatic carbocycles. The maximum Gasteiger partial charge on any atom is 0.168 e. The number of nitrogens with zero attached hydrogens (tertiary/aromatic N) is 3. The van der Waals surface area contributed by atoms with Gasteiger partial charge in [0.05, 0.1) is 0 Å². The van der Waals surface area contributed by atoms with Crippen molar-refractivity contribution >= 4 is 32.3 Å². The topological polar surface area (TPSA) is 30.7 Å². The maximum atomic E-state index is 4.64. The molecule has 9 aromatic rings. The van der Waals surface area contributed by atoms with E-state index in [0.29, 0.717) is 0 Å². The average Bonchev–Trinajstić information content (AvgIpc) is 3.57. The second-order valence-electron chi connectivity index (χ2n) is 11.5. The number of aromatic nitrogens is 3. The van der Waals surface area contributed by atoms with Gasteiger partial charge in [0.2, 0.25) is 0 Å². The van der Waals surface area contributed by atoms with E-state index >= 15 is 0 Å². The molecule has 210 valence electrons. The highest BCUT2D eigenvalue weighted by Gasteiger charge is 2.18. The Balaban J connectivity index is 1.16. The predicted octanol–water partition coefficient (Wildman–Crippen LogP) is 10.8. The molecule has 9 rings (SSSR count). The van der Waals surface area contributed by atoms with E-state index < -0.39 is 0 Å². The molecule has 0 N–H and O–H groups in total. The van der Waals surface area contributed by atoms with Crippen molar-refractivity contribution < 1.29 is 0 Å². The Hall–Kier alpha value is -6.06. The number of hydrogen-bond acceptors (Lipinski definition) is 2. The van der Waals surface area contributed by atoms with Crippen molar-refractivity contribution in [1.29, 1.82) is 0 Å². The van der Waals surface area contributed by atoms with Crippen LogP contribution in [0.15, 0.2) is 164 Å². The van der Waals surface area contributed by atoms with Gasteiger partial charge in [0.25, 0.3) is 0 Å². The fraction of sp³-hybridized carbons (Fsp3) is 0. The molecule has 0 aliphatic carbocycles. The van der Waals surface area contributed by atoms with Crippen molar-refractivity contribution in [3.8, 4) is 50.7 Å². The summed E-state index contributed by atoms with van der Waals surface area (Å²) in [6.07, 6.45) is 0. The van der Waals surface area contributed by atoms with Gasteiger partial charge in [-0.05, 0) is 78.8 Å². The largest absolute Gasteiger partial charge is 0.275 e. The number of benzene rings is 8. The Labute approximate surface area is 261 Å². The minimum Gasteiger partial charge on any atom is -0.275 e. The van der Waals surface area contributed by atoms with E-state index in [1.165, 1.54) is 54.6 Å². The van der Waals surface area contributed by atoms with Gasteiger partial charge in [-0.15, -0.1) is 10.2 Å². The summed E-state index contributed by atoms with van der Waals surface area (Å²) in [5.74, 6) is 1.64. The normalized spacial score (nSPS) is 11.6. The first kappa shape index (κ1) is 25.4. The highest BCUT2D eigenvalue weighted by molar-refractivity contribution is 6.26. The monoisotopic (exact) mass is 573 g/mol. The molecule has 0 bridgehead atoms. The molecule has 1 aromatic heterocycles. The molecule has 0 atom stereocenters. The molecule has 0 aliphatic heterocycles. The Bertz CT molecular complexity index is 2370. The average molecular weight is 574 g/mol. The summed E-state index contributed by atoms with van der Waals surface area (Å²) < 4.78 is 2.15. The molecule has 0 amide bonds. The molecule has 0 unspecified atom stereocenters. The van der Waals surface area contributed by atoms with Crippen LogP contribution >= 0.6 is 0 Å². The first-order chi connectivity index (χ1) is 22.3. The Kier molecular flexibility index (Phi) is 5.82. The SMILES string of the molecule is c1ccc(-c2ccc3ccc4cc(-c5ccc(-n6c(-c7ccccc7)nnc6-c6ccccc6)cc5)cc5ccc2c3c45)cc1. The van der Waals surface area contributed by atoms with E-state index in [-0.39, 0.29) is 0 Å². The van der Waals surface area contributed by atoms with Crippen LogP contribution in [0.4, 0.5) is 0 Å². The van der Waals surface area contributed by atoms with Gasteiger partial charge in [0.1, 0.15) is 0 Å². The lowest BCUT2D eigenvalue weighted by Crippen LogP contribution is -2.00. The van der Waals surface area contributed by atoms with Gasteiger partial charge in [-0.1, -0.05) is 140 Å². The Morgan fingerprint density at radius 1 is 0.356 bits per heavy atom. The van der Waals surface area contributed by atoms with Gasteiger partial charge >= 0.3 is 0 Å². The zero-order chi connectivity index (χ0) is 29.7. The molecule has 3 heteroatoms. The third-order valence-corrected chi connectivity index (χ3v) is 8.87. The zero-order valence-corrected chi connectivity index (χ0v) is 24.4. The van der Waals surface area contributed by atoms with E-state index in [4.69, 9.17) is 0 Å². The maximum absolute atomic E-state index is 4.64. The summed E-state index contributed by atoms with van der Waals surface area (Å²) in [7, 11) is 0. The van der Waals surface area contributed by atoms with Crippen molar-refractivity contribution in [3.05, 3.63) is 164 Å². The van der Waals surface area contributed by atoms with E-state index in [2.05, 4.69) is 142 Å². The molecule has 0 aliphatic rings. The highest BCUT2D eigenvalue weighted by atomic mass is 15.3. The highest BCUT2D eigenvalue weighted by Crippen LogP contribution is 2.41. The zero-order valence-electron chi connectivity index (χ0n) is 24.4. The van der Waals surface area contributed by atoms with Crippen LogP contribution in [0, 0.1) is 0 Å². The summed E-state index contributed by atoms with van der Waals surface area (Å²) in [4.78, 5) is 0. The summed E-state index contributed by atoms with van der Waals surface area (Å²) in [5.41, 5.74) is 7.96. The summed E-state index contributed by atoms with van der Waals surface area (Å²) in [6.45, 7) is 0. The van der Waals surface area contributed by atoms with Crippen LogP contribution in [0.5, 0.6) is 0 Å². The predicted molar refractivity (Wildman–Crippen MR) is 187 cm³/mol. The van der Waals surface area contributed by atoms with Crippen molar-refractivity contribution in [2.24, 2.45) is 0 Å². The molecular formula is C42H27N3. The third kappa shape index (κ3) is 4.21. The molecule has 0 spiro atoms. The van der Waals surface area contributed by atoms with Crippen LogP contribution < -0.4 is 0 Å². The van der Waals surface area contributed by atoms with Crippen molar-refractivity contribution in [1.82, 2.24) is 14.8 Å². The van der Waals surface area contributed by atoms with Crippen LogP contribution in [-0.4, -0.2) is 14.8 Å². The smallest absolute Gasteiger partial charge is 0.168 e. The van der Waals surface area contributed by atoms with E-state index in [0.717, 1.165) is 28.5 Å².